The second kappa shape index (κ2) is 6.82. The summed E-state index contributed by atoms with van der Waals surface area (Å²) >= 11 is 1.88. The monoisotopic (exact) mass is 379 g/mol. The molecule has 1 aromatic heterocycles. The number of halogens is 1. The van der Waals surface area contributed by atoms with Crippen molar-refractivity contribution in [1.29, 1.82) is 0 Å². The van der Waals surface area contributed by atoms with Crippen molar-refractivity contribution >= 4 is 21.2 Å². The number of nitrogens with zero attached hydrogens (tertiary/aromatic N) is 1. The number of hydrogen-bond acceptors (Lipinski definition) is 4. The highest BCUT2D eigenvalue weighted by atomic mass is 32.2. The smallest absolute Gasteiger partial charge is 0.178 e. The fraction of sp³-hybridized carbons (Fsp3) is 0.474. The van der Waals surface area contributed by atoms with Crippen LogP contribution >= 0.6 is 11.3 Å². The van der Waals surface area contributed by atoms with E-state index >= 15 is 0 Å². The fourth-order valence-electron chi connectivity index (χ4n) is 3.89. The van der Waals surface area contributed by atoms with E-state index in [2.05, 4.69) is 10.3 Å². The van der Waals surface area contributed by atoms with E-state index in [-0.39, 0.29) is 16.6 Å². The van der Waals surface area contributed by atoms with E-state index in [9.17, 15) is 12.8 Å². The summed E-state index contributed by atoms with van der Waals surface area (Å²) in [4.78, 5) is 4.11. The maximum absolute atomic E-state index is 13.0. The predicted molar refractivity (Wildman–Crippen MR) is 98.2 cm³/mol. The molecule has 1 fully saturated rings. The SMILES string of the molecule is O=S(=O)(CC1CN(Cc2csc3c2CCCC3)C1)c1ccc(F)cc1. The zero-order chi connectivity index (χ0) is 17.4. The number of fused-ring (bicyclic) bond motifs is 1. The Hall–Kier alpha value is -1.24. The van der Waals surface area contributed by atoms with Crippen molar-refractivity contribution in [3.8, 4) is 0 Å². The van der Waals surface area contributed by atoms with Gasteiger partial charge in [0.2, 0.25) is 0 Å². The lowest BCUT2D eigenvalue weighted by Gasteiger charge is -2.39. The van der Waals surface area contributed by atoms with E-state index in [0.29, 0.717) is 0 Å². The van der Waals surface area contributed by atoms with E-state index in [0.717, 1.165) is 19.6 Å². The zero-order valence-corrected chi connectivity index (χ0v) is 15.7. The summed E-state index contributed by atoms with van der Waals surface area (Å²) in [6.45, 7) is 2.59. The van der Waals surface area contributed by atoms with Gasteiger partial charge < -0.3 is 0 Å². The highest BCUT2D eigenvalue weighted by Crippen LogP contribution is 2.32. The third-order valence-corrected chi connectivity index (χ3v) is 8.24. The summed E-state index contributed by atoms with van der Waals surface area (Å²) in [5.74, 6) is -0.0889. The summed E-state index contributed by atoms with van der Waals surface area (Å²) in [6.07, 6.45) is 5.01. The molecule has 1 saturated heterocycles. The molecule has 0 saturated carbocycles. The second-order valence-electron chi connectivity index (χ2n) is 7.17. The van der Waals surface area contributed by atoms with Gasteiger partial charge in [-0.1, -0.05) is 0 Å². The predicted octanol–water partition coefficient (Wildman–Crippen LogP) is 3.67. The molecule has 1 aliphatic carbocycles. The van der Waals surface area contributed by atoms with E-state index < -0.39 is 15.7 Å². The minimum absolute atomic E-state index is 0.150. The Morgan fingerprint density at radius 2 is 1.84 bits per heavy atom. The lowest BCUT2D eigenvalue weighted by Crippen LogP contribution is -2.48. The number of likely N-dealkylation sites (tertiary alicyclic amines) is 1. The van der Waals surface area contributed by atoms with Gasteiger partial charge in [-0.15, -0.1) is 11.3 Å². The molecule has 0 bridgehead atoms. The molecule has 2 aromatic rings. The van der Waals surface area contributed by atoms with Crippen LogP contribution in [0.2, 0.25) is 0 Å². The van der Waals surface area contributed by atoms with Crippen molar-refractivity contribution in [2.45, 2.75) is 37.1 Å². The van der Waals surface area contributed by atoms with Gasteiger partial charge in [0.05, 0.1) is 10.6 Å². The normalized spacial score (nSPS) is 18.8. The summed E-state index contributed by atoms with van der Waals surface area (Å²) < 4.78 is 37.8. The lowest BCUT2D eigenvalue weighted by molar-refractivity contribution is 0.106. The van der Waals surface area contributed by atoms with Gasteiger partial charge in [-0.3, -0.25) is 4.90 Å². The first-order chi connectivity index (χ1) is 12.0. The first-order valence-corrected chi connectivity index (χ1v) is 11.3. The largest absolute Gasteiger partial charge is 0.298 e. The number of thiophene rings is 1. The third-order valence-electron chi connectivity index (χ3n) is 5.20. The van der Waals surface area contributed by atoms with Gasteiger partial charge >= 0.3 is 0 Å². The quantitative estimate of drug-likeness (QED) is 0.744. The molecule has 0 spiro atoms. The molecular formula is C19H22FNO2S2. The van der Waals surface area contributed by atoms with Crippen LogP contribution in [0.3, 0.4) is 0 Å². The third kappa shape index (κ3) is 3.66. The van der Waals surface area contributed by atoms with Gasteiger partial charge in [0.15, 0.2) is 9.84 Å². The Balaban J connectivity index is 1.33. The highest BCUT2D eigenvalue weighted by molar-refractivity contribution is 7.91. The molecule has 0 N–H and O–H groups in total. The zero-order valence-electron chi connectivity index (χ0n) is 14.1. The lowest BCUT2D eigenvalue weighted by atomic mass is 9.94. The maximum atomic E-state index is 13.0. The molecule has 4 rings (SSSR count). The van der Waals surface area contributed by atoms with E-state index in [1.165, 1.54) is 55.5 Å². The van der Waals surface area contributed by atoms with Gasteiger partial charge in [0.1, 0.15) is 5.82 Å². The van der Waals surface area contributed by atoms with Crippen LogP contribution in [-0.4, -0.2) is 32.2 Å². The van der Waals surface area contributed by atoms with Crippen molar-refractivity contribution in [3.63, 3.8) is 0 Å². The van der Waals surface area contributed by atoms with Crippen LogP contribution in [0.5, 0.6) is 0 Å². The Morgan fingerprint density at radius 1 is 1.12 bits per heavy atom. The number of hydrogen-bond donors (Lipinski definition) is 0. The summed E-state index contributed by atoms with van der Waals surface area (Å²) in [7, 11) is -3.33. The molecule has 134 valence electrons. The summed E-state index contributed by atoms with van der Waals surface area (Å²) in [5, 5.41) is 2.29. The summed E-state index contributed by atoms with van der Waals surface area (Å²) in [6, 6.07) is 5.14. The minimum Gasteiger partial charge on any atom is -0.298 e. The molecule has 3 nitrogen and oxygen atoms in total. The topological polar surface area (TPSA) is 37.4 Å². The number of aryl methyl sites for hydroxylation is 1. The molecule has 0 amide bonds. The molecule has 25 heavy (non-hydrogen) atoms. The van der Waals surface area contributed by atoms with Gasteiger partial charge in [0, 0.05) is 24.5 Å². The summed E-state index contributed by atoms with van der Waals surface area (Å²) in [5.41, 5.74) is 3.00. The molecule has 0 unspecified atom stereocenters. The van der Waals surface area contributed by atoms with Crippen LogP contribution in [0.4, 0.5) is 4.39 Å². The van der Waals surface area contributed by atoms with Crippen LogP contribution in [0.15, 0.2) is 34.5 Å². The van der Waals surface area contributed by atoms with Crippen LogP contribution in [-0.2, 0) is 29.2 Å². The fourth-order valence-corrected chi connectivity index (χ4v) is 6.61. The molecule has 2 heterocycles. The van der Waals surface area contributed by atoms with Crippen LogP contribution in [0.25, 0.3) is 0 Å². The average molecular weight is 380 g/mol. The Bertz CT molecular complexity index is 852. The first-order valence-electron chi connectivity index (χ1n) is 8.80. The number of sulfone groups is 1. The van der Waals surface area contributed by atoms with Crippen LogP contribution < -0.4 is 0 Å². The van der Waals surface area contributed by atoms with Crippen molar-refractivity contribution in [2.24, 2.45) is 5.92 Å². The average Bonchev–Trinajstić information content (AvgIpc) is 2.96. The molecule has 6 heteroatoms. The Morgan fingerprint density at radius 3 is 2.60 bits per heavy atom. The minimum atomic E-state index is -3.33. The molecular weight excluding hydrogens is 357 g/mol. The van der Waals surface area contributed by atoms with Gasteiger partial charge in [-0.05, 0) is 72.4 Å². The van der Waals surface area contributed by atoms with E-state index in [1.807, 2.05) is 11.3 Å². The number of rotatable bonds is 5. The van der Waals surface area contributed by atoms with E-state index in [4.69, 9.17) is 0 Å². The molecule has 1 aromatic carbocycles. The van der Waals surface area contributed by atoms with Gasteiger partial charge in [0.25, 0.3) is 0 Å². The molecule has 0 radical (unpaired) electrons. The van der Waals surface area contributed by atoms with Crippen molar-refractivity contribution < 1.29 is 12.8 Å². The number of benzene rings is 1. The van der Waals surface area contributed by atoms with Crippen molar-refractivity contribution in [1.82, 2.24) is 4.90 Å². The standard InChI is InChI=1S/C19H22FNO2S2/c20-16-5-7-17(8-6-16)25(22,23)13-14-9-21(10-14)11-15-12-24-19-4-2-1-3-18(15)19/h5-8,12,14H,1-4,9-11,13H2. The van der Waals surface area contributed by atoms with Crippen molar-refractivity contribution in [2.75, 3.05) is 18.8 Å². The van der Waals surface area contributed by atoms with Crippen molar-refractivity contribution in [3.05, 3.63) is 51.5 Å². The molecule has 2 aliphatic rings. The van der Waals surface area contributed by atoms with E-state index in [1.54, 1.807) is 10.4 Å². The highest BCUT2D eigenvalue weighted by Gasteiger charge is 2.32. The maximum Gasteiger partial charge on any atom is 0.178 e. The van der Waals surface area contributed by atoms with Gasteiger partial charge in [-0.25, -0.2) is 12.8 Å². The molecule has 0 atom stereocenters. The van der Waals surface area contributed by atoms with Crippen LogP contribution in [0, 0.1) is 11.7 Å². The first kappa shape index (κ1) is 17.2. The van der Waals surface area contributed by atoms with Crippen LogP contribution in [0.1, 0.15) is 28.8 Å². The second-order valence-corrected chi connectivity index (χ2v) is 10.2. The Labute approximate surface area is 152 Å². The van der Waals surface area contributed by atoms with Gasteiger partial charge in [-0.2, -0.15) is 0 Å². The molecule has 1 aliphatic heterocycles. The Kier molecular flexibility index (Phi) is 4.69.